The number of nitrogens with zero attached hydrogens (tertiary/aromatic N) is 1. The van der Waals surface area contributed by atoms with E-state index >= 15 is 0 Å². The minimum Gasteiger partial charge on any atom is -0.489 e. The van der Waals surface area contributed by atoms with Gasteiger partial charge in [-0.3, -0.25) is 4.79 Å². The van der Waals surface area contributed by atoms with Gasteiger partial charge < -0.3 is 10.1 Å². The molecule has 0 unspecified atom stereocenters. The standard InChI is InChI=1S/C26H26F2N2O4S/c27-22-7-3-20(4-8-22)18-34-24-11-5-19(6-12-24)16-29-26(31)21-2-1-15-30(17-21)35(32,33)25-13-9-23(28)10-14-25/h3-14,21H,1-2,15-18H2,(H,29,31)/t21-/m1/s1. The second-order valence-electron chi connectivity index (χ2n) is 8.43. The molecule has 1 N–H and O–H groups in total. The second kappa shape index (κ2) is 11.0. The Balaban J connectivity index is 1.28. The molecule has 1 aliphatic heterocycles. The molecule has 3 aromatic carbocycles. The Morgan fingerprint density at radius 2 is 1.51 bits per heavy atom. The lowest BCUT2D eigenvalue weighted by atomic mass is 9.99. The van der Waals surface area contributed by atoms with Gasteiger partial charge in [0.05, 0.1) is 10.8 Å². The van der Waals surface area contributed by atoms with Crippen LogP contribution in [0.15, 0.2) is 77.7 Å². The van der Waals surface area contributed by atoms with E-state index in [1.165, 1.54) is 28.6 Å². The number of nitrogens with one attached hydrogen (secondary N) is 1. The van der Waals surface area contributed by atoms with E-state index in [4.69, 9.17) is 4.74 Å². The van der Waals surface area contributed by atoms with Crippen molar-refractivity contribution in [3.63, 3.8) is 0 Å². The van der Waals surface area contributed by atoms with Crippen LogP contribution in [-0.2, 0) is 28.0 Å². The van der Waals surface area contributed by atoms with Crippen molar-refractivity contribution < 1.29 is 26.7 Å². The summed E-state index contributed by atoms with van der Waals surface area (Å²) < 4.78 is 58.9. The van der Waals surface area contributed by atoms with E-state index in [1.54, 1.807) is 24.3 Å². The first kappa shape index (κ1) is 24.8. The van der Waals surface area contributed by atoms with Crippen LogP contribution in [0.5, 0.6) is 5.75 Å². The Hall–Kier alpha value is -3.30. The zero-order valence-corrected chi connectivity index (χ0v) is 19.8. The molecule has 1 saturated heterocycles. The molecule has 1 amide bonds. The molecule has 1 atom stereocenters. The first-order valence-electron chi connectivity index (χ1n) is 11.3. The molecule has 0 aliphatic carbocycles. The average Bonchev–Trinajstić information content (AvgIpc) is 2.88. The van der Waals surface area contributed by atoms with Crippen LogP contribution in [0.2, 0.25) is 0 Å². The molecule has 35 heavy (non-hydrogen) atoms. The summed E-state index contributed by atoms with van der Waals surface area (Å²) in [6.45, 7) is 1.03. The zero-order chi connectivity index (χ0) is 24.8. The summed E-state index contributed by atoms with van der Waals surface area (Å²) in [6.07, 6.45) is 1.16. The Labute approximate surface area is 203 Å². The number of piperidine rings is 1. The summed E-state index contributed by atoms with van der Waals surface area (Å²) >= 11 is 0. The van der Waals surface area contributed by atoms with Crippen LogP contribution in [-0.4, -0.2) is 31.7 Å². The van der Waals surface area contributed by atoms with Gasteiger partial charge in [0.25, 0.3) is 0 Å². The fourth-order valence-corrected chi connectivity index (χ4v) is 5.44. The van der Waals surface area contributed by atoms with Gasteiger partial charge in [0.1, 0.15) is 24.0 Å². The molecule has 0 saturated carbocycles. The van der Waals surface area contributed by atoms with E-state index < -0.39 is 21.8 Å². The molecular formula is C26H26F2N2O4S. The molecular weight excluding hydrogens is 474 g/mol. The Bertz CT molecular complexity index is 1250. The summed E-state index contributed by atoms with van der Waals surface area (Å²) in [7, 11) is -3.79. The number of carbonyl (C=O) groups is 1. The Kier molecular flexibility index (Phi) is 7.77. The van der Waals surface area contributed by atoms with Crippen LogP contribution in [0.3, 0.4) is 0 Å². The van der Waals surface area contributed by atoms with Crippen molar-refractivity contribution in [2.24, 2.45) is 5.92 Å². The highest BCUT2D eigenvalue weighted by molar-refractivity contribution is 7.89. The number of hydrogen-bond acceptors (Lipinski definition) is 4. The normalized spacial score (nSPS) is 16.6. The number of ether oxygens (including phenoxy) is 1. The lowest BCUT2D eigenvalue weighted by molar-refractivity contribution is -0.126. The molecule has 4 rings (SSSR count). The van der Waals surface area contributed by atoms with Crippen LogP contribution in [0.4, 0.5) is 8.78 Å². The predicted octanol–water partition coefficient (Wildman–Crippen LogP) is 4.26. The van der Waals surface area contributed by atoms with Gasteiger partial charge in [0.2, 0.25) is 15.9 Å². The van der Waals surface area contributed by atoms with Gasteiger partial charge in [0.15, 0.2) is 0 Å². The number of hydrogen-bond donors (Lipinski definition) is 1. The number of rotatable bonds is 8. The van der Waals surface area contributed by atoms with E-state index in [-0.39, 0.29) is 23.2 Å². The third-order valence-corrected chi connectivity index (χ3v) is 7.79. The summed E-state index contributed by atoms with van der Waals surface area (Å²) in [5.74, 6) is -0.820. The Morgan fingerprint density at radius 3 is 2.17 bits per heavy atom. The van der Waals surface area contributed by atoms with Crippen LogP contribution < -0.4 is 10.1 Å². The molecule has 6 nitrogen and oxygen atoms in total. The van der Waals surface area contributed by atoms with Crippen LogP contribution in [0.25, 0.3) is 0 Å². The van der Waals surface area contributed by atoms with Crippen molar-refractivity contribution in [2.45, 2.75) is 30.9 Å². The van der Waals surface area contributed by atoms with Crippen molar-refractivity contribution >= 4 is 15.9 Å². The van der Waals surface area contributed by atoms with E-state index in [1.807, 2.05) is 12.1 Å². The molecule has 1 aliphatic rings. The van der Waals surface area contributed by atoms with Crippen molar-refractivity contribution in [1.29, 1.82) is 0 Å². The zero-order valence-electron chi connectivity index (χ0n) is 19.0. The van der Waals surface area contributed by atoms with Gasteiger partial charge in [-0.05, 0) is 72.5 Å². The third-order valence-electron chi connectivity index (χ3n) is 5.92. The fourth-order valence-electron chi connectivity index (χ4n) is 3.91. The van der Waals surface area contributed by atoms with Gasteiger partial charge in [-0.1, -0.05) is 24.3 Å². The molecule has 0 bridgehead atoms. The summed E-state index contributed by atoms with van der Waals surface area (Å²) in [5.41, 5.74) is 1.73. The van der Waals surface area contributed by atoms with Crippen molar-refractivity contribution in [2.75, 3.05) is 13.1 Å². The minimum atomic E-state index is -3.79. The third kappa shape index (κ3) is 6.43. The molecule has 9 heteroatoms. The first-order chi connectivity index (χ1) is 16.8. The summed E-state index contributed by atoms with van der Waals surface area (Å²) in [6, 6.07) is 18.1. The monoisotopic (exact) mass is 500 g/mol. The number of benzene rings is 3. The molecule has 1 fully saturated rings. The highest BCUT2D eigenvalue weighted by atomic mass is 32.2. The van der Waals surface area contributed by atoms with E-state index in [9.17, 15) is 22.0 Å². The molecule has 0 aromatic heterocycles. The highest BCUT2D eigenvalue weighted by Gasteiger charge is 2.33. The van der Waals surface area contributed by atoms with E-state index in [0.717, 1.165) is 23.3 Å². The molecule has 0 radical (unpaired) electrons. The molecule has 3 aromatic rings. The second-order valence-corrected chi connectivity index (χ2v) is 10.4. The molecule has 184 valence electrons. The van der Waals surface area contributed by atoms with Gasteiger partial charge in [-0.15, -0.1) is 0 Å². The van der Waals surface area contributed by atoms with Crippen molar-refractivity contribution in [1.82, 2.24) is 9.62 Å². The topological polar surface area (TPSA) is 75.7 Å². The quantitative estimate of drug-likeness (QED) is 0.502. The first-order valence-corrected chi connectivity index (χ1v) is 12.7. The smallest absolute Gasteiger partial charge is 0.243 e. The number of halogens is 2. The maximum atomic E-state index is 13.2. The maximum absolute atomic E-state index is 13.2. The van der Waals surface area contributed by atoms with Crippen molar-refractivity contribution in [3.8, 4) is 5.75 Å². The van der Waals surface area contributed by atoms with E-state index in [2.05, 4.69) is 5.32 Å². The van der Waals surface area contributed by atoms with Gasteiger partial charge >= 0.3 is 0 Å². The van der Waals surface area contributed by atoms with Crippen LogP contribution >= 0.6 is 0 Å². The number of sulfonamides is 1. The Morgan fingerprint density at radius 1 is 0.914 bits per heavy atom. The largest absolute Gasteiger partial charge is 0.489 e. The SMILES string of the molecule is O=C(NCc1ccc(OCc2ccc(F)cc2)cc1)[C@@H]1CCCN(S(=O)(=O)c2ccc(F)cc2)C1. The summed E-state index contributed by atoms with van der Waals surface area (Å²) in [4.78, 5) is 12.8. The van der Waals surface area contributed by atoms with Crippen LogP contribution in [0.1, 0.15) is 24.0 Å². The lowest BCUT2D eigenvalue weighted by Crippen LogP contribution is -2.45. The summed E-state index contributed by atoms with van der Waals surface area (Å²) in [5, 5.41) is 2.88. The van der Waals surface area contributed by atoms with Gasteiger partial charge in [-0.2, -0.15) is 4.31 Å². The maximum Gasteiger partial charge on any atom is 0.243 e. The molecule has 1 heterocycles. The minimum absolute atomic E-state index is 0.0155. The van der Waals surface area contributed by atoms with E-state index in [0.29, 0.717) is 38.3 Å². The van der Waals surface area contributed by atoms with Gasteiger partial charge in [-0.25, -0.2) is 17.2 Å². The average molecular weight is 501 g/mol. The predicted molar refractivity (Wildman–Crippen MR) is 127 cm³/mol. The van der Waals surface area contributed by atoms with Crippen molar-refractivity contribution in [3.05, 3.63) is 95.6 Å². The van der Waals surface area contributed by atoms with Crippen LogP contribution in [0, 0.1) is 17.6 Å². The number of amides is 1. The number of carbonyl (C=O) groups excluding carboxylic acids is 1. The molecule has 0 spiro atoms. The highest BCUT2D eigenvalue weighted by Crippen LogP contribution is 2.24. The fraction of sp³-hybridized carbons (Fsp3) is 0.269. The van der Waals surface area contributed by atoms with Gasteiger partial charge in [0, 0.05) is 19.6 Å². The lowest BCUT2D eigenvalue weighted by Gasteiger charge is -2.31.